The number of carbonyl (C=O) groups is 1. The molecular weight excluding hydrogens is 471 g/mol. The van der Waals surface area contributed by atoms with Crippen molar-refractivity contribution in [1.82, 2.24) is 9.80 Å². The molecule has 2 fully saturated rings. The van der Waals surface area contributed by atoms with Gasteiger partial charge < -0.3 is 15.3 Å². The first kappa shape index (κ1) is 24.8. The molecule has 0 bridgehead atoms. The van der Waals surface area contributed by atoms with Crippen molar-refractivity contribution in [2.24, 2.45) is 0 Å². The normalized spacial score (nSPS) is 22.8. The molecule has 6 nitrogen and oxygen atoms in total. The summed E-state index contributed by atoms with van der Waals surface area (Å²) in [6.45, 7) is 2.84. The Labute approximate surface area is 211 Å². The van der Waals surface area contributed by atoms with Gasteiger partial charge in [-0.05, 0) is 73.9 Å². The molecule has 1 aliphatic heterocycles. The number of anilines is 1. The molecule has 0 radical (unpaired) electrons. The first-order valence-electron chi connectivity index (χ1n) is 11.9. The lowest BCUT2D eigenvalue weighted by molar-refractivity contribution is 0.143. The highest BCUT2D eigenvalue weighted by Gasteiger charge is 2.31. The summed E-state index contributed by atoms with van der Waals surface area (Å²) >= 11 is 12.2. The quantitative estimate of drug-likeness (QED) is 0.549. The molecule has 2 N–H and O–H groups in total. The number of nitrogens with one attached hydrogen (secondary N) is 1. The minimum absolute atomic E-state index is 0.130. The van der Waals surface area contributed by atoms with E-state index < -0.39 is 0 Å². The summed E-state index contributed by atoms with van der Waals surface area (Å²) in [6.07, 6.45) is 4.25. The van der Waals surface area contributed by atoms with Crippen molar-refractivity contribution in [3.8, 4) is 6.07 Å². The number of aliphatic hydroxyl groups is 1. The lowest BCUT2D eigenvalue weighted by Crippen LogP contribution is -2.47. The third-order valence-electron chi connectivity index (χ3n) is 6.96. The van der Waals surface area contributed by atoms with Crippen LogP contribution in [-0.2, 0) is 0 Å². The molecule has 1 saturated carbocycles. The van der Waals surface area contributed by atoms with Crippen molar-refractivity contribution in [3.05, 3.63) is 63.6 Å². The van der Waals surface area contributed by atoms with E-state index in [-0.39, 0.29) is 18.2 Å². The number of rotatable bonds is 6. The van der Waals surface area contributed by atoms with Crippen LogP contribution in [0.2, 0.25) is 10.0 Å². The lowest BCUT2D eigenvalue weighted by Gasteiger charge is -2.38. The highest BCUT2D eigenvalue weighted by atomic mass is 35.5. The molecule has 1 heterocycles. The second-order valence-corrected chi connectivity index (χ2v) is 10.1. The van der Waals surface area contributed by atoms with Crippen LogP contribution in [0.5, 0.6) is 0 Å². The van der Waals surface area contributed by atoms with Crippen molar-refractivity contribution in [3.63, 3.8) is 0 Å². The van der Waals surface area contributed by atoms with Crippen LogP contribution in [0.25, 0.3) is 0 Å². The molecule has 1 saturated heterocycles. The highest BCUT2D eigenvalue weighted by molar-refractivity contribution is 6.42. The maximum absolute atomic E-state index is 13.3. The largest absolute Gasteiger partial charge is 0.392 e. The first-order valence-corrected chi connectivity index (χ1v) is 12.6. The van der Waals surface area contributed by atoms with E-state index in [0.717, 1.165) is 45.2 Å². The van der Waals surface area contributed by atoms with E-state index in [0.29, 0.717) is 40.3 Å². The summed E-state index contributed by atoms with van der Waals surface area (Å²) in [5.74, 6) is 0.401. The van der Waals surface area contributed by atoms with Crippen molar-refractivity contribution in [2.75, 3.05) is 31.5 Å². The summed E-state index contributed by atoms with van der Waals surface area (Å²) in [5.41, 5.74) is 2.51. The van der Waals surface area contributed by atoms with Crippen LogP contribution in [0, 0.1) is 11.3 Å². The molecule has 2 aromatic carbocycles. The summed E-state index contributed by atoms with van der Waals surface area (Å²) in [5, 5.41) is 22.9. The molecule has 1 aliphatic carbocycles. The minimum Gasteiger partial charge on any atom is -0.392 e. The van der Waals surface area contributed by atoms with Crippen LogP contribution in [0.1, 0.15) is 49.1 Å². The van der Waals surface area contributed by atoms with Gasteiger partial charge in [0.2, 0.25) is 0 Å². The number of nitrogens with zero attached hydrogens (tertiary/aromatic N) is 3. The van der Waals surface area contributed by atoms with Crippen molar-refractivity contribution in [1.29, 1.82) is 5.26 Å². The number of amides is 2. The van der Waals surface area contributed by atoms with Gasteiger partial charge in [-0.3, -0.25) is 4.90 Å². The van der Waals surface area contributed by atoms with Gasteiger partial charge >= 0.3 is 6.03 Å². The summed E-state index contributed by atoms with van der Waals surface area (Å²) in [7, 11) is 0. The Bertz CT molecular complexity index is 1050. The van der Waals surface area contributed by atoms with E-state index in [1.54, 1.807) is 18.2 Å². The molecule has 0 unspecified atom stereocenters. The number of hydrogen-bond donors (Lipinski definition) is 2. The zero-order chi connectivity index (χ0) is 24.1. The van der Waals surface area contributed by atoms with Gasteiger partial charge in [-0.1, -0.05) is 35.3 Å². The van der Waals surface area contributed by atoms with Crippen LogP contribution >= 0.6 is 23.2 Å². The van der Waals surface area contributed by atoms with E-state index in [4.69, 9.17) is 23.2 Å². The molecular formula is C26H30Cl2N4O2. The minimum atomic E-state index is -0.280. The van der Waals surface area contributed by atoms with Crippen molar-refractivity contribution < 1.29 is 9.90 Å². The highest BCUT2D eigenvalue weighted by Crippen LogP contribution is 2.35. The fourth-order valence-electron chi connectivity index (χ4n) is 5.07. The Morgan fingerprint density at radius 3 is 2.59 bits per heavy atom. The number of halogens is 2. The van der Waals surface area contributed by atoms with Gasteiger partial charge in [0.1, 0.15) is 0 Å². The van der Waals surface area contributed by atoms with E-state index in [9.17, 15) is 15.2 Å². The van der Waals surface area contributed by atoms with Crippen LogP contribution in [0.4, 0.5) is 10.5 Å². The van der Waals surface area contributed by atoms with Crippen LogP contribution in [0.15, 0.2) is 42.5 Å². The fourth-order valence-corrected chi connectivity index (χ4v) is 5.36. The van der Waals surface area contributed by atoms with Crippen LogP contribution in [-0.4, -0.2) is 59.3 Å². The predicted molar refractivity (Wildman–Crippen MR) is 135 cm³/mol. The topological polar surface area (TPSA) is 79.6 Å². The first-order chi connectivity index (χ1) is 16.4. The Morgan fingerprint density at radius 2 is 1.91 bits per heavy atom. The maximum atomic E-state index is 13.3. The molecule has 4 rings (SSSR count). The average Bonchev–Trinajstić information content (AvgIpc) is 3.27. The monoisotopic (exact) mass is 500 g/mol. The van der Waals surface area contributed by atoms with Gasteiger partial charge in [-0.25, -0.2) is 4.79 Å². The number of benzene rings is 2. The Kier molecular flexibility index (Phi) is 8.33. The van der Waals surface area contributed by atoms with Gasteiger partial charge in [0.15, 0.2) is 0 Å². The van der Waals surface area contributed by atoms with E-state index >= 15 is 0 Å². The molecule has 180 valence electrons. The third-order valence-corrected chi connectivity index (χ3v) is 7.70. The number of β-amino-alcohol motifs (C(OH)–C–C–N with tert-alkyl or cyclic N) is 1. The second-order valence-electron chi connectivity index (χ2n) is 9.24. The molecule has 0 spiro atoms. The third kappa shape index (κ3) is 6.22. The smallest absolute Gasteiger partial charge is 0.322 e. The summed E-state index contributed by atoms with van der Waals surface area (Å²) < 4.78 is 0. The van der Waals surface area contributed by atoms with Crippen molar-refractivity contribution in [2.45, 2.75) is 50.2 Å². The van der Waals surface area contributed by atoms with Gasteiger partial charge in [-0.15, -0.1) is 0 Å². The Balaban J connectivity index is 1.43. The summed E-state index contributed by atoms with van der Waals surface area (Å²) in [4.78, 5) is 17.5. The Hall–Kier alpha value is -2.30. The lowest BCUT2D eigenvalue weighted by atomic mass is 9.81. The van der Waals surface area contributed by atoms with E-state index in [2.05, 4.69) is 22.4 Å². The number of hydrogen-bond acceptors (Lipinski definition) is 4. The zero-order valence-corrected chi connectivity index (χ0v) is 20.6. The Morgan fingerprint density at radius 1 is 1.12 bits per heavy atom. The SMILES string of the molecule is N#Cc1cccc(C2CCC(N(CCN3CC[C@H](O)C3)C(=O)Nc3ccc(Cl)c(Cl)c3)CC2)c1. The molecule has 0 aromatic heterocycles. The van der Waals surface area contributed by atoms with Gasteiger partial charge in [-0.2, -0.15) is 5.26 Å². The van der Waals surface area contributed by atoms with E-state index in [1.807, 2.05) is 23.1 Å². The number of nitriles is 1. The number of carbonyl (C=O) groups excluding carboxylic acids is 1. The molecule has 1 atom stereocenters. The average molecular weight is 501 g/mol. The van der Waals surface area contributed by atoms with Crippen LogP contribution < -0.4 is 5.32 Å². The number of aliphatic hydroxyl groups excluding tert-OH is 1. The number of urea groups is 1. The maximum Gasteiger partial charge on any atom is 0.322 e. The van der Waals surface area contributed by atoms with Gasteiger partial charge in [0.05, 0.1) is 27.8 Å². The zero-order valence-electron chi connectivity index (χ0n) is 19.1. The van der Waals surface area contributed by atoms with Gasteiger partial charge in [0, 0.05) is 37.9 Å². The molecule has 8 heteroatoms. The molecule has 2 amide bonds. The fraction of sp³-hybridized carbons (Fsp3) is 0.462. The summed E-state index contributed by atoms with van der Waals surface area (Å²) in [6, 6.07) is 15.2. The second kappa shape index (κ2) is 11.4. The predicted octanol–water partition coefficient (Wildman–Crippen LogP) is 5.49. The van der Waals surface area contributed by atoms with Crippen LogP contribution in [0.3, 0.4) is 0 Å². The number of likely N-dealkylation sites (tertiary alicyclic amines) is 1. The van der Waals surface area contributed by atoms with Gasteiger partial charge in [0.25, 0.3) is 0 Å². The molecule has 34 heavy (non-hydrogen) atoms. The molecule has 2 aromatic rings. The molecule has 2 aliphatic rings. The van der Waals surface area contributed by atoms with E-state index in [1.165, 1.54) is 5.56 Å². The standard InChI is InChI=1S/C26H30Cl2N4O2/c27-24-9-6-21(15-25(24)28)30-26(34)32(13-12-31-11-10-23(33)17-31)22-7-4-19(5-8-22)20-3-1-2-18(14-20)16-29/h1-3,6,9,14-15,19,22-23,33H,4-5,7-8,10-13,17H2,(H,30,34)/t19?,22?,23-/m0/s1. The van der Waals surface area contributed by atoms with Crippen molar-refractivity contribution >= 4 is 34.9 Å².